The number of rotatable bonds is 8. The first-order valence-corrected chi connectivity index (χ1v) is 13.8. The molecule has 3 heterocycles. The molecule has 0 radical (unpaired) electrons. The van der Waals surface area contributed by atoms with Crippen LogP contribution in [0.4, 0.5) is 5.69 Å². The van der Waals surface area contributed by atoms with Gasteiger partial charge in [0.25, 0.3) is 21.8 Å². The third-order valence-electron chi connectivity index (χ3n) is 6.67. The fraction of sp³-hybridized carbons (Fsp3) is 0.385. The average molecular weight is 557 g/mol. The van der Waals surface area contributed by atoms with E-state index >= 15 is 0 Å². The van der Waals surface area contributed by atoms with Gasteiger partial charge >= 0.3 is 0 Å². The van der Waals surface area contributed by atoms with E-state index in [1.54, 1.807) is 53.8 Å². The summed E-state index contributed by atoms with van der Waals surface area (Å²) in [7, 11) is -0.805. The van der Waals surface area contributed by atoms with Crippen molar-refractivity contribution in [1.82, 2.24) is 23.7 Å². The van der Waals surface area contributed by atoms with Crippen LogP contribution in [0.1, 0.15) is 34.6 Å². The van der Waals surface area contributed by atoms with Crippen LogP contribution in [0.2, 0.25) is 0 Å². The van der Waals surface area contributed by atoms with Crippen molar-refractivity contribution in [2.24, 2.45) is 13.0 Å². The standard InChI is InChI=1S/C26H32N6O6S/c1-17-12-32(18(2)15-33)26(35)20-6-5-7-21(29-25(34)19-8-10-27-11-9-19)24(20)38-22(17)13-31(4)39(36,37)23-14-30(3)16-28-23/h5-11,14,16-18,22,33H,12-13,15H2,1-4H3,(H,29,34)/t17-,18+,22+/m0/s1. The Balaban J connectivity index is 1.73. The second-order valence-electron chi connectivity index (χ2n) is 9.66. The van der Waals surface area contributed by atoms with Crippen LogP contribution in [0.3, 0.4) is 0 Å². The van der Waals surface area contributed by atoms with Crippen molar-refractivity contribution >= 4 is 27.5 Å². The van der Waals surface area contributed by atoms with Crippen LogP contribution in [0.15, 0.2) is 60.3 Å². The van der Waals surface area contributed by atoms with E-state index in [4.69, 9.17) is 4.74 Å². The van der Waals surface area contributed by atoms with Crippen molar-refractivity contribution in [2.75, 3.05) is 32.1 Å². The van der Waals surface area contributed by atoms with Gasteiger partial charge < -0.3 is 24.6 Å². The number of ether oxygens (including phenoxy) is 1. The number of para-hydroxylation sites is 1. The van der Waals surface area contributed by atoms with E-state index in [-0.39, 0.29) is 53.5 Å². The van der Waals surface area contributed by atoms with E-state index in [1.165, 1.54) is 32.0 Å². The SMILES string of the molecule is C[C@H](CO)N1C[C@H](C)[C@@H](CN(C)S(=O)(=O)c2cn(C)cn2)Oc2c(NC(=O)c3ccncc3)cccc2C1=O. The fourth-order valence-corrected chi connectivity index (χ4v) is 5.43. The molecule has 39 heavy (non-hydrogen) atoms. The van der Waals surface area contributed by atoms with Gasteiger partial charge in [-0.15, -0.1) is 0 Å². The molecule has 2 aromatic heterocycles. The lowest BCUT2D eigenvalue weighted by Gasteiger charge is -2.38. The molecule has 2 amide bonds. The summed E-state index contributed by atoms with van der Waals surface area (Å²) in [5, 5.41) is 12.6. The van der Waals surface area contributed by atoms with Gasteiger partial charge in [0.1, 0.15) is 6.10 Å². The number of aryl methyl sites for hydroxylation is 1. The van der Waals surface area contributed by atoms with E-state index in [2.05, 4.69) is 15.3 Å². The first-order valence-electron chi connectivity index (χ1n) is 12.4. The van der Waals surface area contributed by atoms with Crippen LogP contribution in [-0.2, 0) is 17.1 Å². The molecule has 4 rings (SSSR count). The molecule has 0 unspecified atom stereocenters. The van der Waals surface area contributed by atoms with Crippen LogP contribution < -0.4 is 10.1 Å². The molecule has 0 aliphatic carbocycles. The summed E-state index contributed by atoms with van der Waals surface area (Å²) in [6.07, 6.45) is 5.10. The zero-order valence-corrected chi connectivity index (χ0v) is 23.0. The van der Waals surface area contributed by atoms with Crippen LogP contribution in [0.5, 0.6) is 5.75 Å². The summed E-state index contributed by atoms with van der Waals surface area (Å²) in [6.45, 7) is 3.48. The number of aliphatic hydroxyl groups is 1. The molecule has 0 spiro atoms. The minimum Gasteiger partial charge on any atom is -0.486 e. The van der Waals surface area contributed by atoms with E-state index in [1.807, 2.05) is 6.92 Å². The molecule has 1 aliphatic rings. The van der Waals surface area contributed by atoms with Gasteiger partial charge in [0.15, 0.2) is 10.8 Å². The highest BCUT2D eigenvalue weighted by Gasteiger charge is 2.36. The lowest BCUT2D eigenvalue weighted by Crippen LogP contribution is -2.50. The summed E-state index contributed by atoms with van der Waals surface area (Å²) < 4.78 is 35.5. The Labute approximate surface area is 227 Å². The lowest BCUT2D eigenvalue weighted by atomic mass is 9.99. The minimum absolute atomic E-state index is 0.0539. The molecular weight excluding hydrogens is 524 g/mol. The smallest absolute Gasteiger partial charge is 0.261 e. The topological polar surface area (TPSA) is 147 Å². The molecule has 2 N–H and O–H groups in total. The molecule has 0 saturated heterocycles. The Bertz CT molecular complexity index is 1440. The van der Waals surface area contributed by atoms with Crippen molar-refractivity contribution in [3.63, 3.8) is 0 Å². The van der Waals surface area contributed by atoms with Gasteiger partial charge in [-0.05, 0) is 31.2 Å². The van der Waals surface area contributed by atoms with Gasteiger partial charge in [-0.3, -0.25) is 14.6 Å². The zero-order valence-electron chi connectivity index (χ0n) is 22.2. The summed E-state index contributed by atoms with van der Waals surface area (Å²) in [5.74, 6) is -1.02. The number of amides is 2. The Kier molecular flexibility index (Phi) is 8.33. The number of hydrogen-bond acceptors (Lipinski definition) is 8. The number of aliphatic hydroxyl groups excluding tert-OH is 1. The summed E-state index contributed by atoms with van der Waals surface area (Å²) in [5.41, 5.74) is 0.810. The number of carbonyl (C=O) groups excluding carboxylic acids is 2. The van der Waals surface area contributed by atoms with Crippen molar-refractivity contribution in [3.05, 3.63) is 66.4 Å². The molecular formula is C26H32N6O6S. The number of pyridine rings is 1. The Morgan fingerprint density at radius 2 is 2.00 bits per heavy atom. The number of fused-ring (bicyclic) bond motifs is 1. The van der Waals surface area contributed by atoms with Gasteiger partial charge in [0.05, 0.1) is 36.8 Å². The van der Waals surface area contributed by atoms with Crippen molar-refractivity contribution in [2.45, 2.75) is 31.0 Å². The molecule has 0 saturated carbocycles. The third-order valence-corrected chi connectivity index (χ3v) is 8.38. The number of anilines is 1. The summed E-state index contributed by atoms with van der Waals surface area (Å²) in [4.78, 5) is 36.0. The lowest BCUT2D eigenvalue weighted by molar-refractivity contribution is 0.0388. The first-order chi connectivity index (χ1) is 18.5. The number of hydrogen-bond donors (Lipinski definition) is 2. The highest BCUT2D eigenvalue weighted by Crippen LogP contribution is 2.35. The monoisotopic (exact) mass is 556 g/mol. The van der Waals surface area contributed by atoms with Crippen LogP contribution in [0.25, 0.3) is 0 Å². The normalized spacial score (nSPS) is 18.6. The van der Waals surface area contributed by atoms with Crippen molar-refractivity contribution in [3.8, 4) is 5.75 Å². The second kappa shape index (κ2) is 11.5. The highest BCUT2D eigenvalue weighted by atomic mass is 32.2. The molecule has 3 aromatic rings. The number of aromatic nitrogens is 3. The van der Waals surface area contributed by atoms with Crippen molar-refractivity contribution in [1.29, 1.82) is 0 Å². The molecule has 0 fully saturated rings. The fourth-order valence-electron chi connectivity index (χ4n) is 4.29. The number of sulfonamides is 1. The van der Waals surface area contributed by atoms with Crippen LogP contribution in [-0.4, -0.2) is 88.0 Å². The third kappa shape index (κ3) is 5.95. The van der Waals surface area contributed by atoms with Crippen LogP contribution >= 0.6 is 0 Å². The largest absolute Gasteiger partial charge is 0.486 e. The number of nitrogens with zero attached hydrogens (tertiary/aromatic N) is 5. The zero-order chi connectivity index (χ0) is 28.3. The Morgan fingerprint density at radius 3 is 2.64 bits per heavy atom. The maximum atomic E-state index is 13.6. The average Bonchev–Trinajstić information content (AvgIpc) is 3.38. The van der Waals surface area contributed by atoms with E-state index in [0.29, 0.717) is 5.56 Å². The number of likely N-dealkylation sites (N-methyl/N-ethyl adjacent to an activating group) is 1. The van der Waals surface area contributed by atoms with E-state index < -0.39 is 28.1 Å². The Hall–Kier alpha value is -3.81. The van der Waals surface area contributed by atoms with Gasteiger partial charge in [-0.25, -0.2) is 13.4 Å². The summed E-state index contributed by atoms with van der Waals surface area (Å²) >= 11 is 0. The highest BCUT2D eigenvalue weighted by molar-refractivity contribution is 7.89. The van der Waals surface area contributed by atoms with Gasteiger partial charge in [0, 0.05) is 50.7 Å². The maximum Gasteiger partial charge on any atom is 0.261 e. The molecule has 0 bridgehead atoms. The minimum atomic E-state index is -3.92. The quantitative estimate of drug-likeness (QED) is 0.425. The predicted molar refractivity (Wildman–Crippen MR) is 143 cm³/mol. The van der Waals surface area contributed by atoms with E-state index in [9.17, 15) is 23.1 Å². The van der Waals surface area contributed by atoms with Gasteiger partial charge in [0.2, 0.25) is 0 Å². The molecule has 13 heteroatoms. The number of benzene rings is 1. The predicted octanol–water partition coefficient (Wildman–Crippen LogP) is 1.61. The van der Waals surface area contributed by atoms with Gasteiger partial charge in [-0.2, -0.15) is 4.31 Å². The first kappa shape index (κ1) is 28.2. The molecule has 208 valence electrons. The molecule has 12 nitrogen and oxygen atoms in total. The van der Waals surface area contributed by atoms with Crippen LogP contribution in [0, 0.1) is 5.92 Å². The van der Waals surface area contributed by atoms with E-state index in [0.717, 1.165) is 4.31 Å². The molecule has 1 aliphatic heterocycles. The molecule has 1 aromatic carbocycles. The number of carbonyl (C=O) groups is 2. The second-order valence-corrected chi connectivity index (χ2v) is 11.6. The number of imidazole rings is 1. The molecule has 3 atom stereocenters. The Morgan fingerprint density at radius 1 is 1.28 bits per heavy atom. The summed E-state index contributed by atoms with van der Waals surface area (Å²) in [6, 6.07) is 7.43. The number of nitrogens with one attached hydrogen (secondary N) is 1. The maximum absolute atomic E-state index is 13.6. The van der Waals surface area contributed by atoms with Gasteiger partial charge in [-0.1, -0.05) is 13.0 Å². The van der Waals surface area contributed by atoms with Crippen molar-refractivity contribution < 1.29 is 27.9 Å².